The first-order valence-corrected chi connectivity index (χ1v) is 7.59. The Bertz CT molecular complexity index is 231. The molecule has 0 aromatic carbocycles. The second-order valence-corrected chi connectivity index (χ2v) is 5.18. The molecule has 0 fully saturated rings. The molecule has 4 N–H and O–H groups in total. The van der Waals surface area contributed by atoms with Gasteiger partial charge in [-0.25, -0.2) is 0 Å². The van der Waals surface area contributed by atoms with E-state index in [0.29, 0.717) is 18.8 Å². The molecule has 0 amide bonds. The van der Waals surface area contributed by atoms with Crippen molar-refractivity contribution in [1.29, 1.82) is 0 Å². The molecule has 0 heterocycles. The fraction of sp³-hybridized carbons (Fsp3) is 0.867. The fourth-order valence-electron chi connectivity index (χ4n) is 1.67. The van der Waals surface area contributed by atoms with E-state index in [1.807, 2.05) is 6.92 Å². The summed E-state index contributed by atoms with van der Waals surface area (Å²) in [6, 6.07) is 0. The van der Waals surface area contributed by atoms with Crippen molar-refractivity contribution in [3.63, 3.8) is 0 Å². The van der Waals surface area contributed by atoms with Crippen molar-refractivity contribution in [2.75, 3.05) is 13.2 Å². The molecule has 0 rings (SSSR count). The predicted octanol–water partition coefficient (Wildman–Crippen LogP) is 2.27. The van der Waals surface area contributed by atoms with Gasteiger partial charge >= 0.3 is 11.9 Å². The molecular formula is C15H30O6. The van der Waals surface area contributed by atoms with Crippen molar-refractivity contribution < 1.29 is 30.0 Å². The SMILES string of the molecule is CC(CCO)CCO.O=C(O)CCCCCCCC(=O)O. The molecule has 0 saturated carbocycles. The van der Waals surface area contributed by atoms with Crippen LogP contribution < -0.4 is 0 Å². The molecule has 0 radical (unpaired) electrons. The van der Waals surface area contributed by atoms with Gasteiger partial charge in [0.2, 0.25) is 0 Å². The van der Waals surface area contributed by atoms with Crippen molar-refractivity contribution in [3.05, 3.63) is 0 Å². The van der Waals surface area contributed by atoms with Crippen LogP contribution in [-0.4, -0.2) is 45.6 Å². The van der Waals surface area contributed by atoms with Crippen LogP contribution in [0.25, 0.3) is 0 Å². The van der Waals surface area contributed by atoms with Gasteiger partial charge in [-0.2, -0.15) is 0 Å². The first-order chi connectivity index (χ1) is 9.93. The average molecular weight is 306 g/mol. The average Bonchev–Trinajstić information content (AvgIpc) is 2.38. The zero-order valence-electron chi connectivity index (χ0n) is 13.0. The van der Waals surface area contributed by atoms with Crippen molar-refractivity contribution in [2.24, 2.45) is 5.92 Å². The highest BCUT2D eigenvalue weighted by Gasteiger charge is 1.98. The van der Waals surface area contributed by atoms with Gasteiger partial charge in [0.15, 0.2) is 0 Å². The number of carboxylic acids is 2. The number of aliphatic hydroxyl groups excluding tert-OH is 2. The summed E-state index contributed by atoms with van der Waals surface area (Å²) in [6.45, 7) is 2.49. The summed E-state index contributed by atoms with van der Waals surface area (Å²) in [4.78, 5) is 20.2. The summed E-state index contributed by atoms with van der Waals surface area (Å²) in [6.07, 6.45) is 6.14. The number of hydrogen-bond donors (Lipinski definition) is 4. The smallest absolute Gasteiger partial charge is 0.303 e. The topological polar surface area (TPSA) is 115 Å². The highest BCUT2D eigenvalue weighted by Crippen LogP contribution is 2.07. The minimum atomic E-state index is -0.759. The van der Waals surface area contributed by atoms with Crippen LogP contribution in [0.3, 0.4) is 0 Å². The Hall–Kier alpha value is -1.14. The molecule has 21 heavy (non-hydrogen) atoms. The third kappa shape index (κ3) is 24.3. The van der Waals surface area contributed by atoms with Gasteiger partial charge in [0, 0.05) is 26.1 Å². The molecule has 0 aromatic heterocycles. The van der Waals surface area contributed by atoms with E-state index in [2.05, 4.69) is 0 Å². The first kappa shape index (κ1) is 22.1. The lowest BCUT2D eigenvalue weighted by Crippen LogP contribution is -1.99. The highest BCUT2D eigenvalue weighted by molar-refractivity contribution is 5.66. The summed E-state index contributed by atoms with van der Waals surface area (Å²) in [5.41, 5.74) is 0. The molecule has 6 nitrogen and oxygen atoms in total. The van der Waals surface area contributed by atoms with Crippen LogP contribution in [0.2, 0.25) is 0 Å². The highest BCUT2D eigenvalue weighted by atomic mass is 16.4. The summed E-state index contributed by atoms with van der Waals surface area (Å²) in [5.74, 6) is -1.05. The maximum Gasteiger partial charge on any atom is 0.303 e. The zero-order valence-corrected chi connectivity index (χ0v) is 13.0. The number of aliphatic hydroxyl groups is 2. The number of rotatable bonds is 12. The maximum absolute atomic E-state index is 10.1. The molecular weight excluding hydrogens is 276 g/mol. The summed E-state index contributed by atoms with van der Waals surface area (Å²) in [5, 5.41) is 33.4. The van der Waals surface area contributed by atoms with Crippen LogP contribution in [0.1, 0.15) is 64.7 Å². The molecule has 0 spiro atoms. The van der Waals surface area contributed by atoms with E-state index >= 15 is 0 Å². The standard InChI is InChI=1S/C9H16O4.C6H14O2/c10-8(11)6-4-2-1-3-5-7-9(12)13;1-6(2-4-7)3-5-8/h1-7H2,(H,10,11)(H,12,13);6-8H,2-5H2,1H3. The van der Waals surface area contributed by atoms with E-state index in [0.717, 1.165) is 32.1 Å². The molecule has 0 aliphatic rings. The minimum absolute atomic E-state index is 0.221. The first-order valence-electron chi connectivity index (χ1n) is 7.59. The second-order valence-electron chi connectivity index (χ2n) is 5.18. The van der Waals surface area contributed by atoms with E-state index in [1.165, 1.54) is 0 Å². The van der Waals surface area contributed by atoms with Crippen molar-refractivity contribution in [1.82, 2.24) is 0 Å². The van der Waals surface area contributed by atoms with Crippen LogP contribution in [-0.2, 0) is 9.59 Å². The number of carboxylic acid groups (broad SMARTS) is 2. The van der Waals surface area contributed by atoms with Gasteiger partial charge in [-0.3, -0.25) is 9.59 Å². The molecule has 126 valence electrons. The predicted molar refractivity (Wildman–Crippen MR) is 80.2 cm³/mol. The summed E-state index contributed by atoms with van der Waals surface area (Å²) >= 11 is 0. The Kier molecular flexibility index (Phi) is 17.8. The molecule has 0 aliphatic heterocycles. The zero-order chi connectivity index (χ0) is 16.5. The molecule has 0 unspecified atom stereocenters. The summed E-state index contributed by atoms with van der Waals surface area (Å²) < 4.78 is 0. The van der Waals surface area contributed by atoms with Gasteiger partial charge in [-0.1, -0.05) is 26.2 Å². The van der Waals surface area contributed by atoms with Crippen molar-refractivity contribution in [2.45, 2.75) is 64.7 Å². The van der Waals surface area contributed by atoms with Gasteiger partial charge in [-0.05, 0) is 31.6 Å². The lowest BCUT2D eigenvalue weighted by molar-refractivity contribution is -0.138. The molecule has 0 aliphatic carbocycles. The van der Waals surface area contributed by atoms with Gasteiger partial charge < -0.3 is 20.4 Å². The second kappa shape index (κ2) is 16.9. The fourth-order valence-corrected chi connectivity index (χ4v) is 1.67. The van der Waals surface area contributed by atoms with Gasteiger partial charge in [-0.15, -0.1) is 0 Å². The lowest BCUT2D eigenvalue weighted by atomic mass is 10.1. The quantitative estimate of drug-likeness (QED) is 0.411. The Balaban J connectivity index is 0. The Labute approximate surface area is 126 Å². The molecule has 0 bridgehead atoms. The van der Waals surface area contributed by atoms with E-state index < -0.39 is 11.9 Å². The van der Waals surface area contributed by atoms with E-state index in [-0.39, 0.29) is 26.1 Å². The monoisotopic (exact) mass is 306 g/mol. The largest absolute Gasteiger partial charge is 0.481 e. The van der Waals surface area contributed by atoms with Gasteiger partial charge in [0.05, 0.1) is 0 Å². The molecule has 6 heteroatoms. The third-order valence-electron chi connectivity index (χ3n) is 3.03. The molecule has 0 aromatic rings. The number of unbranched alkanes of at least 4 members (excludes halogenated alkanes) is 4. The van der Waals surface area contributed by atoms with Crippen LogP contribution in [0.15, 0.2) is 0 Å². The van der Waals surface area contributed by atoms with Gasteiger partial charge in [0.25, 0.3) is 0 Å². The molecule has 0 saturated heterocycles. The van der Waals surface area contributed by atoms with Crippen LogP contribution in [0.5, 0.6) is 0 Å². The van der Waals surface area contributed by atoms with E-state index in [1.54, 1.807) is 0 Å². The Morgan fingerprint density at radius 2 is 1.10 bits per heavy atom. The third-order valence-corrected chi connectivity index (χ3v) is 3.03. The van der Waals surface area contributed by atoms with Gasteiger partial charge in [0.1, 0.15) is 0 Å². The van der Waals surface area contributed by atoms with Crippen molar-refractivity contribution in [3.8, 4) is 0 Å². The van der Waals surface area contributed by atoms with Crippen molar-refractivity contribution >= 4 is 11.9 Å². The van der Waals surface area contributed by atoms with Crippen LogP contribution >= 0.6 is 0 Å². The summed E-state index contributed by atoms with van der Waals surface area (Å²) in [7, 11) is 0. The normalized spacial score (nSPS) is 10.1. The van der Waals surface area contributed by atoms with E-state index in [4.69, 9.17) is 20.4 Å². The number of carbonyl (C=O) groups is 2. The number of hydrogen-bond acceptors (Lipinski definition) is 4. The minimum Gasteiger partial charge on any atom is -0.481 e. The Morgan fingerprint density at radius 3 is 1.38 bits per heavy atom. The van der Waals surface area contributed by atoms with Crippen LogP contribution in [0, 0.1) is 5.92 Å². The maximum atomic E-state index is 10.1. The number of aliphatic carboxylic acids is 2. The Morgan fingerprint density at radius 1 is 0.762 bits per heavy atom. The lowest BCUT2D eigenvalue weighted by Gasteiger charge is -2.04. The van der Waals surface area contributed by atoms with Crippen LogP contribution in [0.4, 0.5) is 0 Å². The molecule has 0 atom stereocenters. The van der Waals surface area contributed by atoms with E-state index in [9.17, 15) is 9.59 Å².